The van der Waals surface area contributed by atoms with Crippen molar-refractivity contribution in [2.45, 2.75) is 6.42 Å². The van der Waals surface area contributed by atoms with Crippen LogP contribution < -0.4 is 5.32 Å². The van der Waals surface area contributed by atoms with E-state index in [4.69, 9.17) is 12.2 Å². The molecule has 0 unspecified atom stereocenters. The summed E-state index contributed by atoms with van der Waals surface area (Å²) in [6.07, 6.45) is 2.10. The fraction of sp³-hybridized carbons (Fsp3) is 0.118. The van der Waals surface area contributed by atoms with E-state index in [2.05, 4.69) is 10.1 Å². The molecule has 23 heavy (non-hydrogen) atoms. The van der Waals surface area contributed by atoms with Crippen molar-refractivity contribution in [3.8, 4) is 10.4 Å². The Balaban J connectivity index is 1.82. The highest BCUT2D eigenvalue weighted by atomic mass is 32.1. The molecule has 0 saturated carbocycles. The van der Waals surface area contributed by atoms with Gasteiger partial charge in [-0.1, -0.05) is 24.4 Å². The third kappa shape index (κ3) is 3.38. The lowest BCUT2D eigenvalue weighted by atomic mass is 10.1. The molecule has 0 radical (unpaired) electrons. The van der Waals surface area contributed by atoms with Crippen molar-refractivity contribution in [3.63, 3.8) is 0 Å². The minimum atomic E-state index is -0.352. The molecule has 1 fully saturated rings. The van der Waals surface area contributed by atoms with Crippen LogP contribution in [-0.2, 0) is 9.53 Å². The molecule has 1 aromatic carbocycles. The Hall–Kier alpha value is -2.31. The van der Waals surface area contributed by atoms with E-state index >= 15 is 0 Å². The number of benzene rings is 1. The monoisotopic (exact) mass is 343 g/mol. The van der Waals surface area contributed by atoms with E-state index in [1.54, 1.807) is 23.5 Å². The number of ether oxygens (including phenoxy) is 1. The number of hydrogen-bond donors (Lipinski definition) is 1. The molecule has 0 atom stereocenters. The maximum atomic E-state index is 11.7. The van der Waals surface area contributed by atoms with Gasteiger partial charge in [0, 0.05) is 9.75 Å². The van der Waals surface area contributed by atoms with Crippen molar-refractivity contribution in [3.05, 3.63) is 52.5 Å². The average Bonchev–Trinajstić information content (AvgIpc) is 3.14. The quantitative estimate of drug-likeness (QED) is 0.526. The van der Waals surface area contributed by atoms with E-state index in [9.17, 15) is 9.59 Å². The summed E-state index contributed by atoms with van der Waals surface area (Å²) < 4.78 is 4.69. The number of carbonyl (C=O) groups is 2. The molecule has 0 amide bonds. The second-order valence-electron chi connectivity index (χ2n) is 4.98. The highest BCUT2D eigenvalue weighted by Crippen LogP contribution is 2.30. The first-order valence-electron chi connectivity index (χ1n) is 6.90. The summed E-state index contributed by atoms with van der Waals surface area (Å²) in [6, 6.07) is 11.2. The fourth-order valence-corrected chi connectivity index (χ4v) is 3.44. The molecule has 1 saturated heterocycles. The van der Waals surface area contributed by atoms with Crippen LogP contribution in [0.25, 0.3) is 16.5 Å². The summed E-state index contributed by atoms with van der Waals surface area (Å²) in [5.41, 5.74) is 2.07. The molecule has 4 nitrogen and oxygen atoms in total. The van der Waals surface area contributed by atoms with E-state index in [0.29, 0.717) is 16.2 Å². The van der Waals surface area contributed by atoms with Crippen molar-refractivity contribution < 1.29 is 14.3 Å². The second kappa shape index (κ2) is 6.44. The molecule has 116 valence electrons. The maximum absolute atomic E-state index is 11.7. The lowest BCUT2D eigenvalue weighted by Gasteiger charge is -2.01. The Morgan fingerprint density at radius 1 is 1.26 bits per heavy atom. The lowest BCUT2D eigenvalue weighted by Crippen LogP contribution is -2.10. The van der Waals surface area contributed by atoms with Crippen molar-refractivity contribution in [2.24, 2.45) is 0 Å². The molecule has 2 aromatic rings. The number of thiophene rings is 1. The molecule has 0 aliphatic carbocycles. The number of thiocarbonyl (C=S) groups is 1. The van der Waals surface area contributed by atoms with Crippen LogP contribution in [0.5, 0.6) is 0 Å². The Kier molecular flexibility index (Phi) is 4.36. The predicted octanol–water partition coefficient (Wildman–Crippen LogP) is 3.43. The molecular formula is C17H13NO3S2. The zero-order chi connectivity index (χ0) is 16.4. The van der Waals surface area contributed by atoms with Gasteiger partial charge in [-0.05, 0) is 35.9 Å². The molecular weight excluding hydrogens is 330 g/mol. The Morgan fingerprint density at radius 3 is 2.61 bits per heavy atom. The van der Waals surface area contributed by atoms with E-state index in [1.165, 1.54) is 7.11 Å². The summed E-state index contributed by atoms with van der Waals surface area (Å²) in [4.78, 5) is 25.8. The van der Waals surface area contributed by atoms with Gasteiger partial charge in [-0.25, -0.2) is 4.79 Å². The summed E-state index contributed by atoms with van der Waals surface area (Å²) in [7, 11) is 1.36. The van der Waals surface area contributed by atoms with Gasteiger partial charge in [0.25, 0.3) is 0 Å². The SMILES string of the molecule is COC(=O)c1ccc(-c2ccc(/C=C3/NC(=S)CC3=O)s2)cc1. The van der Waals surface area contributed by atoms with Crippen LogP contribution >= 0.6 is 23.6 Å². The van der Waals surface area contributed by atoms with Gasteiger partial charge in [-0.3, -0.25) is 4.79 Å². The van der Waals surface area contributed by atoms with Gasteiger partial charge >= 0.3 is 5.97 Å². The smallest absolute Gasteiger partial charge is 0.337 e. The van der Waals surface area contributed by atoms with Gasteiger partial charge in [-0.2, -0.15) is 0 Å². The number of allylic oxidation sites excluding steroid dienone is 1. The molecule has 0 bridgehead atoms. The zero-order valence-electron chi connectivity index (χ0n) is 12.3. The van der Waals surface area contributed by atoms with Crippen LogP contribution in [0, 0.1) is 0 Å². The van der Waals surface area contributed by atoms with Gasteiger partial charge in [-0.15, -0.1) is 11.3 Å². The van der Waals surface area contributed by atoms with Crippen LogP contribution in [0.1, 0.15) is 21.7 Å². The molecule has 1 aromatic heterocycles. The van der Waals surface area contributed by atoms with E-state index < -0.39 is 0 Å². The Labute approximate surface area is 142 Å². The van der Waals surface area contributed by atoms with E-state index in [0.717, 1.165) is 15.3 Å². The Bertz CT molecular complexity index is 819. The zero-order valence-corrected chi connectivity index (χ0v) is 13.9. The molecule has 0 spiro atoms. The van der Waals surface area contributed by atoms with Gasteiger partial charge in [0.05, 0.1) is 29.8 Å². The molecule has 1 aliphatic heterocycles. The molecule has 1 aliphatic rings. The van der Waals surface area contributed by atoms with Crippen molar-refractivity contribution >= 4 is 46.4 Å². The number of carbonyl (C=O) groups excluding carboxylic acids is 2. The van der Waals surface area contributed by atoms with Crippen molar-refractivity contribution in [1.82, 2.24) is 5.32 Å². The minimum Gasteiger partial charge on any atom is -0.465 e. The van der Waals surface area contributed by atoms with Crippen molar-refractivity contribution in [1.29, 1.82) is 0 Å². The van der Waals surface area contributed by atoms with Crippen LogP contribution in [0.2, 0.25) is 0 Å². The van der Waals surface area contributed by atoms with Crippen LogP contribution in [0.3, 0.4) is 0 Å². The second-order valence-corrected chi connectivity index (χ2v) is 6.59. The van der Waals surface area contributed by atoms with Crippen molar-refractivity contribution in [2.75, 3.05) is 7.11 Å². The number of nitrogens with one attached hydrogen (secondary N) is 1. The molecule has 6 heteroatoms. The van der Waals surface area contributed by atoms with Crippen LogP contribution in [0.4, 0.5) is 0 Å². The largest absolute Gasteiger partial charge is 0.465 e. The summed E-state index contributed by atoms with van der Waals surface area (Å²) in [5.74, 6) is -0.331. The third-order valence-corrected chi connectivity index (χ3v) is 4.73. The topological polar surface area (TPSA) is 55.4 Å². The first kappa shape index (κ1) is 15.6. The number of hydrogen-bond acceptors (Lipinski definition) is 5. The minimum absolute atomic E-state index is 0.0207. The van der Waals surface area contributed by atoms with Crippen LogP contribution in [-0.4, -0.2) is 23.9 Å². The van der Waals surface area contributed by atoms with Crippen LogP contribution in [0.15, 0.2) is 42.1 Å². The van der Waals surface area contributed by atoms with Gasteiger partial charge in [0.1, 0.15) is 0 Å². The average molecular weight is 343 g/mol. The number of Topliss-reactive ketones (excluding diaryl/α,β-unsaturated/α-hetero) is 1. The van der Waals surface area contributed by atoms with Gasteiger partial charge < -0.3 is 10.1 Å². The first-order chi connectivity index (χ1) is 11.1. The summed E-state index contributed by atoms with van der Waals surface area (Å²) in [5, 5.41) is 2.93. The van der Waals surface area contributed by atoms with Gasteiger partial charge in [0.2, 0.25) is 0 Å². The normalized spacial score (nSPS) is 15.8. The first-order valence-corrected chi connectivity index (χ1v) is 8.12. The third-order valence-electron chi connectivity index (χ3n) is 3.40. The highest BCUT2D eigenvalue weighted by molar-refractivity contribution is 7.80. The Morgan fingerprint density at radius 2 is 2.00 bits per heavy atom. The maximum Gasteiger partial charge on any atom is 0.337 e. The lowest BCUT2D eigenvalue weighted by molar-refractivity contribution is -0.114. The highest BCUT2D eigenvalue weighted by Gasteiger charge is 2.21. The standard InChI is InChI=1S/C17H13NO3S2/c1-21-17(20)11-4-2-10(3-5-11)15-7-6-12(23-15)8-13-14(19)9-16(22)18-13/h2-8H,9H2,1H3,(H,18,22)/b13-8+. The number of esters is 1. The molecule has 2 heterocycles. The van der Waals surface area contributed by atoms with E-state index in [1.807, 2.05) is 30.3 Å². The van der Waals surface area contributed by atoms with E-state index in [-0.39, 0.29) is 18.2 Å². The summed E-state index contributed by atoms with van der Waals surface area (Å²) in [6.45, 7) is 0. The predicted molar refractivity (Wildman–Crippen MR) is 94.4 cm³/mol. The molecule has 3 rings (SSSR count). The fourth-order valence-electron chi connectivity index (χ4n) is 2.24. The number of rotatable bonds is 3. The number of ketones is 1. The summed E-state index contributed by atoms with van der Waals surface area (Å²) >= 11 is 6.58. The number of methoxy groups -OCH3 is 1. The van der Waals surface area contributed by atoms with Gasteiger partial charge in [0.15, 0.2) is 5.78 Å². The molecule has 1 N–H and O–H groups in total.